The number of carbonyl (C=O) groups is 1. The van der Waals surface area contributed by atoms with E-state index in [1.165, 1.54) is 18.2 Å². The van der Waals surface area contributed by atoms with Gasteiger partial charge in [-0.25, -0.2) is 14.0 Å². The summed E-state index contributed by atoms with van der Waals surface area (Å²) < 4.78 is 15.9. The Morgan fingerprint density at radius 2 is 1.60 bits per heavy atom. The van der Waals surface area contributed by atoms with Crippen molar-refractivity contribution in [2.75, 3.05) is 11.4 Å². The molecule has 0 aliphatic heterocycles. The highest BCUT2D eigenvalue weighted by atomic mass is 19.1. The SMILES string of the molecule is CCN(C(=O)n1nnn(-c2ccccc2-c2ccccc2)c1=O)c1ccccc1F. The fourth-order valence-corrected chi connectivity index (χ4v) is 3.23. The van der Waals surface area contributed by atoms with Gasteiger partial charge >= 0.3 is 11.7 Å². The lowest BCUT2D eigenvalue weighted by Crippen LogP contribution is -2.41. The third-order valence-electron chi connectivity index (χ3n) is 4.67. The van der Waals surface area contributed by atoms with Gasteiger partial charge in [0, 0.05) is 12.1 Å². The van der Waals surface area contributed by atoms with Crippen LogP contribution in [0.25, 0.3) is 16.8 Å². The number of halogens is 1. The van der Waals surface area contributed by atoms with Crippen molar-refractivity contribution in [3.63, 3.8) is 0 Å². The second kappa shape index (κ2) is 8.12. The zero-order valence-corrected chi connectivity index (χ0v) is 16.1. The first-order valence-corrected chi connectivity index (χ1v) is 9.38. The van der Waals surface area contributed by atoms with E-state index >= 15 is 0 Å². The van der Waals surface area contributed by atoms with E-state index in [0.29, 0.717) is 10.4 Å². The molecule has 0 saturated carbocycles. The fourth-order valence-electron chi connectivity index (χ4n) is 3.23. The van der Waals surface area contributed by atoms with Gasteiger partial charge in [0.1, 0.15) is 5.82 Å². The van der Waals surface area contributed by atoms with Gasteiger partial charge < -0.3 is 0 Å². The van der Waals surface area contributed by atoms with Crippen LogP contribution in [0.1, 0.15) is 6.92 Å². The van der Waals surface area contributed by atoms with E-state index in [4.69, 9.17) is 0 Å². The van der Waals surface area contributed by atoms with Crippen LogP contribution in [0.5, 0.6) is 0 Å². The molecule has 0 atom stereocenters. The normalized spacial score (nSPS) is 10.7. The molecule has 0 N–H and O–H groups in total. The van der Waals surface area contributed by atoms with Gasteiger partial charge in [0.2, 0.25) is 0 Å². The number of hydrogen-bond donors (Lipinski definition) is 0. The Balaban J connectivity index is 1.77. The summed E-state index contributed by atoms with van der Waals surface area (Å²) in [5, 5.41) is 7.66. The first-order chi connectivity index (χ1) is 14.6. The van der Waals surface area contributed by atoms with Crippen LogP contribution < -0.4 is 10.6 Å². The van der Waals surface area contributed by atoms with Crippen LogP contribution in [0.15, 0.2) is 83.7 Å². The lowest BCUT2D eigenvalue weighted by molar-refractivity contribution is 0.244. The van der Waals surface area contributed by atoms with Crippen molar-refractivity contribution in [3.8, 4) is 16.8 Å². The summed E-state index contributed by atoms with van der Waals surface area (Å²) in [5.41, 5.74) is 1.47. The predicted molar refractivity (Wildman–Crippen MR) is 111 cm³/mol. The zero-order chi connectivity index (χ0) is 21.1. The lowest BCUT2D eigenvalue weighted by atomic mass is 10.0. The number of tetrazole rings is 1. The second-order valence-corrected chi connectivity index (χ2v) is 6.45. The van der Waals surface area contributed by atoms with Gasteiger partial charge in [-0.2, -0.15) is 4.68 Å². The van der Waals surface area contributed by atoms with Crippen molar-refractivity contribution >= 4 is 11.7 Å². The molecule has 1 heterocycles. The van der Waals surface area contributed by atoms with Gasteiger partial charge in [0.25, 0.3) is 0 Å². The number of rotatable bonds is 4. The monoisotopic (exact) mass is 403 g/mol. The first kappa shape index (κ1) is 19.3. The Bertz CT molecular complexity index is 1250. The number of carbonyl (C=O) groups excluding carboxylic acids is 1. The first-order valence-electron chi connectivity index (χ1n) is 9.38. The molecule has 4 aromatic rings. The highest BCUT2D eigenvalue weighted by Crippen LogP contribution is 2.25. The molecule has 0 aliphatic rings. The summed E-state index contributed by atoms with van der Waals surface area (Å²) in [4.78, 5) is 27.1. The molecule has 0 bridgehead atoms. The maximum atomic E-state index is 14.2. The number of para-hydroxylation sites is 2. The Morgan fingerprint density at radius 3 is 2.33 bits per heavy atom. The van der Waals surface area contributed by atoms with Gasteiger partial charge in [-0.15, -0.1) is 4.68 Å². The molecule has 4 rings (SSSR count). The van der Waals surface area contributed by atoms with Crippen LogP contribution in [-0.2, 0) is 0 Å². The van der Waals surface area contributed by atoms with E-state index in [2.05, 4.69) is 10.4 Å². The predicted octanol–water partition coefficient (Wildman–Crippen LogP) is 3.73. The van der Waals surface area contributed by atoms with Crippen molar-refractivity contribution in [2.24, 2.45) is 0 Å². The number of benzene rings is 3. The summed E-state index contributed by atoms with van der Waals surface area (Å²) in [6, 6.07) is 21.8. The maximum Gasteiger partial charge on any atom is 0.377 e. The molecular weight excluding hydrogens is 385 g/mol. The van der Waals surface area contributed by atoms with Crippen molar-refractivity contribution in [1.29, 1.82) is 0 Å². The third-order valence-corrected chi connectivity index (χ3v) is 4.67. The van der Waals surface area contributed by atoms with Gasteiger partial charge in [-0.1, -0.05) is 60.7 Å². The molecule has 3 aromatic carbocycles. The van der Waals surface area contributed by atoms with E-state index in [9.17, 15) is 14.0 Å². The van der Waals surface area contributed by atoms with E-state index in [0.717, 1.165) is 20.7 Å². The number of hydrogen-bond acceptors (Lipinski definition) is 4. The lowest BCUT2D eigenvalue weighted by Gasteiger charge is -2.20. The molecule has 8 heteroatoms. The number of anilines is 1. The summed E-state index contributed by atoms with van der Waals surface area (Å²) in [6.07, 6.45) is 0. The average Bonchev–Trinajstić information content (AvgIpc) is 3.17. The highest BCUT2D eigenvalue weighted by Gasteiger charge is 2.24. The largest absolute Gasteiger partial charge is 0.377 e. The van der Waals surface area contributed by atoms with Crippen molar-refractivity contribution in [1.82, 2.24) is 19.8 Å². The molecule has 0 unspecified atom stereocenters. The highest BCUT2D eigenvalue weighted by molar-refractivity contribution is 5.92. The quantitative estimate of drug-likeness (QED) is 0.487. The molecule has 1 amide bonds. The molecule has 0 radical (unpaired) electrons. The molecule has 0 fully saturated rings. The minimum absolute atomic E-state index is 0.0659. The topological polar surface area (TPSA) is 73.0 Å². The summed E-state index contributed by atoms with van der Waals surface area (Å²) >= 11 is 0. The van der Waals surface area contributed by atoms with Gasteiger partial charge in [-0.05, 0) is 41.1 Å². The van der Waals surface area contributed by atoms with Crippen LogP contribution in [0.4, 0.5) is 14.9 Å². The Morgan fingerprint density at radius 1 is 0.933 bits per heavy atom. The third kappa shape index (κ3) is 3.39. The molecule has 150 valence electrons. The summed E-state index contributed by atoms with van der Waals surface area (Å²) in [6.45, 7) is 1.84. The molecule has 30 heavy (non-hydrogen) atoms. The number of nitrogens with zero attached hydrogens (tertiary/aromatic N) is 5. The minimum Gasteiger partial charge on any atom is -0.290 e. The van der Waals surface area contributed by atoms with E-state index in [-0.39, 0.29) is 12.2 Å². The number of amides is 1. The standard InChI is InChI=1S/C22H18FN5O2/c1-2-26(20-15-9-7-13-18(20)23)21(29)28-22(30)27(24-25-28)19-14-8-6-12-17(19)16-10-4-3-5-11-16/h3-15H,2H2,1H3. The van der Waals surface area contributed by atoms with Crippen LogP contribution in [-0.4, -0.2) is 32.4 Å². The Kier molecular flexibility index (Phi) is 5.21. The van der Waals surface area contributed by atoms with Crippen molar-refractivity contribution < 1.29 is 9.18 Å². The van der Waals surface area contributed by atoms with Crippen LogP contribution in [0, 0.1) is 5.82 Å². The van der Waals surface area contributed by atoms with Crippen molar-refractivity contribution in [2.45, 2.75) is 6.92 Å². The smallest absolute Gasteiger partial charge is 0.290 e. The summed E-state index contributed by atoms with van der Waals surface area (Å²) in [7, 11) is 0. The van der Waals surface area contributed by atoms with Gasteiger partial charge in [0.15, 0.2) is 0 Å². The fraction of sp³-hybridized carbons (Fsp3) is 0.0909. The van der Waals surface area contributed by atoms with E-state index < -0.39 is 17.5 Å². The summed E-state index contributed by atoms with van der Waals surface area (Å²) in [5.74, 6) is -0.567. The van der Waals surface area contributed by atoms with E-state index in [1.807, 2.05) is 42.5 Å². The molecular formula is C22H18FN5O2. The van der Waals surface area contributed by atoms with Crippen LogP contribution in [0.2, 0.25) is 0 Å². The van der Waals surface area contributed by atoms with Crippen LogP contribution >= 0.6 is 0 Å². The minimum atomic E-state index is -0.781. The molecule has 1 aromatic heterocycles. The van der Waals surface area contributed by atoms with E-state index in [1.54, 1.807) is 25.1 Å². The molecule has 0 spiro atoms. The zero-order valence-electron chi connectivity index (χ0n) is 16.1. The average molecular weight is 403 g/mol. The van der Waals surface area contributed by atoms with Gasteiger partial charge in [0.05, 0.1) is 11.4 Å². The van der Waals surface area contributed by atoms with Gasteiger partial charge in [-0.3, -0.25) is 4.90 Å². The second-order valence-electron chi connectivity index (χ2n) is 6.45. The Hall–Kier alpha value is -4.07. The molecule has 7 nitrogen and oxygen atoms in total. The molecule has 0 saturated heterocycles. The van der Waals surface area contributed by atoms with Crippen LogP contribution in [0.3, 0.4) is 0 Å². The number of aromatic nitrogens is 4. The molecule has 0 aliphatic carbocycles. The van der Waals surface area contributed by atoms with Crippen molar-refractivity contribution in [3.05, 3.63) is 95.2 Å². The maximum absolute atomic E-state index is 14.2. The Labute approximate surface area is 171 Å².